The Labute approximate surface area is 190 Å². The standard InChI is InChI=1S/C26H32N2O4/c1-5-32-14-6-13-27-25(30)19-9-7-18(8-10-19)24(29)16-23-22-15-21(31-4)12-11-20(22)17-26(2,3)28-23/h7-12,15-16,28H,5-6,13-14,17H2,1-4H3,(H,27,30)/b23-16-. The van der Waals surface area contributed by atoms with Crippen molar-refractivity contribution in [2.75, 3.05) is 26.9 Å². The lowest BCUT2D eigenvalue weighted by Gasteiger charge is -2.35. The molecule has 1 heterocycles. The molecule has 1 aliphatic heterocycles. The molecule has 6 heteroatoms. The van der Waals surface area contributed by atoms with Gasteiger partial charge in [-0.1, -0.05) is 18.2 Å². The second-order valence-corrected chi connectivity index (χ2v) is 8.51. The van der Waals surface area contributed by atoms with E-state index in [0.717, 1.165) is 29.9 Å². The highest BCUT2D eigenvalue weighted by atomic mass is 16.5. The van der Waals surface area contributed by atoms with Gasteiger partial charge in [-0.2, -0.15) is 0 Å². The zero-order valence-corrected chi connectivity index (χ0v) is 19.3. The molecule has 0 unspecified atom stereocenters. The Hall–Kier alpha value is -3.12. The molecule has 0 atom stereocenters. The number of fused-ring (bicyclic) bond motifs is 1. The fourth-order valence-corrected chi connectivity index (χ4v) is 3.78. The monoisotopic (exact) mass is 436 g/mol. The third-order valence-corrected chi connectivity index (χ3v) is 5.37. The first-order valence-corrected chi connectivity index (χ1v) is 11.0. The lowest BCUT2D eigenvalue weighted by molar-refractivity contribution is 0.0943. The van der Waals surface area contributed by atoms with Crippen molar-refractivity contribution in [1.82, 2.24) is 10.6 Å². The van der Waals surface area contributed by atoms with Crippen molar-refractivity contribution in [2.24, 2.45) is 0 Å². The van der Waals surface area contributed by atoms with Crippen LogP contribution in [-0.2, 0) is 11.2 Å². The summed E-state index contributed by atoms with van der Waals surface area (Å²) >= 11 is 0. The summed E-state index contributed by atoms with van der Waals surface area (Å²) in [6.07, 6.45) is 3.24. The van der Waals surface area contributed by atoms with Crippen molar-refractivity contribution >= 4 is 17.4 Å². The van der Waals surface area contributed by atoms with Gasteiger partial charge in [0.2, 0.25) is 0 Å². The van der Waals surface area contributed by atoms with E-state index in [1.807, 2.05) is 19.1 Å². The van der Waals surface area contributed by atoms with Gasteiger partial charge < -0.3 is 20.1 Å². The molecule has 170 valence electrons. The Morgan fingerprint density at radius 3 is 2.53 bits per heavy atom. The maximum atomic E-state index is 13.0. The molecule has 0 aromatic heterocycles. The third-order valence-electron chi connectivity index (χ3n) is 5.37. The van der Waals surface area contributed by atoms with Gasteiger partial charge in [-0.25, -0.2) is 0 Å². The second kappa shape index (κ2) is 10.5. The van der Waals surface area contributed by atoms with Gasteiger partial charge in [-0.05, 0) is 63.4 Å². The molecule has 6 nitrogen and oxygen atoms in total. The van der Waals surface area contributed by atoms with E-state index in [1.54, 1.807) is 37.5 Å². The second-order valence-electron chi connectivity index (χ2n) is 8.51. The number of benzene rings is 2. The minimum absolute atomic E-state index is 0.123. The Morgan fingerprint density at radius 1 is 1.12 bits per heavy atom. The Morgan fingerprint density at radius 2 is 1.84 bits per heavy atom. The number of hydrogen-bond donors (Lipinski definition) is 2. The Bertz CT molecular complexity index is 993. The number of carbonyl (C=O) groups excluding carboxylic acids is 2. The van der Waals surface area contributed by atoms with Gasteiger partial charge in [-0.15, -0.1) is 0 Å². The Balaban J connectivity index is 1.73. The molecule has 3 rings (SSSR count). The van der Waals surface area contributed by atoms with Gasteiger partial charge in [0.15, 0.2) is 5.78 Å². The fraction of sp³-hybridized carbons (Fsp3) is 0.385. The highest BCUT2D eigenvalue weighted by Gasteiger charge is 2.28. The minimum atomic E-state index is -0.169. The van der Waals surface area contributed by atoms with Crippen LogP contribution < -0.4 is 15.4 Å². The van der Waals surface area contributed by atoms with Crippen LogP contribution in [0.5, 0.6) is 5.75 Å². The van der Waals surface area contributed by atoms with Crippen LogP contribution in [0.1, 0.15) is 59.0 Å². The summed E-state index contributed by atoms with van der Waals surface area (Å²) in [5, 5.41) is 6.34. The third kappa shape index (κ3) is 5.98. The number of allylic oxidation sites excluding steroid dienone is 1. The first kappa shape index (κ1) is 23.5. The van der Waals surface area contributed by atoms with Crippen LogP contribution in [0.4, 0.5) is 0 Å². The number of carbonyl (C=O) groups is 2. The van der Waals surface area contributed by atoms with Gasteiger partial charge in [0.05, 0.1) is 7.11 Å². The summed E-state index contributed by atoms with van der Waals surface area (Å²) in [6, 6.07) is 12.7. The van der Waals surface area contributed by atoms with E-state index in [9.17, 15) is 9.59 Å². The van der Waals surface area contributed by atoms with E-state index < -0.39 is 0 Å². The van der Waals surface area contributed by atoms with E-state index >= 15 is 0 Å². The predicted octanol–water partition coefficient (Wildman–Crippen LogP) is 4.00. The molecule has 0 spiro atoms. The topological polar surface area (TPSA) is 76.7 Å². The van der Waals surface area contributed by atoms with E-state index in [1.165, 1.54) is 5.56 Å². The van der Waals surface area contributed by atoms with E-state index in [2.05, 4.69) is 30.5 Å². The maximum absolute atomic E-state index is 13.0. The molecule has 2 aromatic rings. The Kier molecular flexibility index (Phi) is 7.70. The van der Waals surface area contributed by atoms with E-state index in [4.69, 9.17) is 9.47 Å². The van der Waals surface area contributed by atoms with Gasteiger partial charge >= 0.3 is 0 Å². The molecular weight excluding hydrogens is 404 g/mol. The average Bonchev–Trinajstić information content (AvgIpc) is 2.78. The number of hydrogen-bond acceptors (Lipinski definition) is 5. The largest absolute Gasteiger partial charge is 0.497 e. The normalized spacial score (nSPS) is 15.6. The molecule has 0 saturated carbocycles. The number of nitrogens with one attached hydrogen (secondary N) is 2. The van der Waals surface area contributed by atoms with Crippen LogP contribution in [0.3, 0.4) is 0 Å². The first-order valence-electron chi connectivity index (χ1n) is 11.0. The highest BCUT2D eigenvalue weighted by molar-refractivity contribution is 6.09. The molecule has 0 bridgehead atoms. The molecule has 1 aliphatic rings. The van der Waals surface area contributed by atoms with Crippen molar-refractivity contribution in [3.8, 4) is 5.75 Å². The smallest absolute Gasteiger partial charge is 0.251 e. The van der Waals surface area contributed by atoms with Crippen LogP contribution in [0.15, 0.2) is 48.5 Å². The molecule has 0 fully saturated rings. The van der Waals surface area contributed by atoms with Crippen LogP contribution >= 0.6 is 0 Å². The van der Waals surface area contributed by atoms with Crippen molar-refractivity contribution in [3.05, 3.63) is 70.8 Å². The van der Waals surface area contributed by atoms with Gasteiger partial charge in [0.25, 0.3) is 5.91 Å². The molecule has 1 amide bonds. The van der Waals surface area contributed by atoms with Crippen molar-refractivity contribution in [3.63, 3.8) is 0 Å². The molecular formula is C26H32N2O4. The summed E-state index contributed by atoms with van der Waals surface area (Å²) in [7, 11) is 1.63. The number of amides is 1. The van der Waals surface area contributed by atoms with Crippen LogP contribution in [0.2, 0.25) is 0 Å². The highest BCUT2D eigenvalue weighted by Crippen LogP contribution is 2.32. The predicted molar refractivity (Wildman–Crippen MR) is 126 cm³/mol. The summed E-state index contributed by atoms with van der Waals surface area (Å²) < 4.78 is 10.6. The van der Waals surface area contributed by atoms with Crippen molar-refractivity contribution in [1.29, 1.82) is 0 Å². The summed E-state index contributed by atoms with van der Waals surface area (Å²) in [5.74, 6) is 0.471. The molecule has 0 aliphatic carbocycles. The van der Waals surface area contributed by atoms with Gasteiger partial charge in [0.1, 0.15) is 5.75 Å². The minimum Gasteiger partial charge on any atom is -0.497 e. The number of rotatable bonds is 9. The molecule has 0 radical (unpaired) electrons. The first-order chi connectivity index (χ1) is 15.3. The SMILES string of the molecule is CCOCCCNC(=O)c1ccc(C(=O)/C=C2\NC(C)(C)Cc3ccc(OC)cc32)cc1. The van der Waals surface area contributed by atoms with Gasteiger partial charge in [-0.3, -0.25) is 9.59 Å². The van der Waals surface area contributed by atoms with Crippen LogP contribution in [0, 0.1) is 0 Å². The number of ether oxygens (including phenoxy) is 2. The zero-order valence-electron chi connectivity index (χ0n) is 19.3. The summed E-state index contributed by atoms with van der Waals surface area (Å²) in [4.78, 5) is 25.3. The van der Waals surface area contributed by atoms with Crippen LogP contribution in [-0.4, -0.2) is 44.1 Å². The van der Waals surface area contributed by atoms with Crippen molar-refractivity contribution < 1.29 is 19.1 Å². The lowest BCUT2D eigenvalue weighted by Crippen LogP contribution is -2.43. The van der Waals surface area contributed by atoms with E-state index in [-0.39, 0.29) is 17.2 Å². The molecule has 32 heavy (non-hydrogen) atoms. The van der Waals surface area contributed by atoms with E-state index in [0.29, 0.717) is 30.9 Å². The van der Waals surface area contributed by atoms with Crippen molar-refractivity contribution in [2.45, 2.75) is 39.2 Å². The molecule has 2 aromatic carbocycles. The molecule has 0 saturated heterocycles. The van der Waals surface area contributed by atoms with Crippen LogP contribution in [0.25, 0.3) is 5.70 Å². The van der Waals surface area contributed by atoms with Gasteiger partial charge in [0, 0.05) is 53.8 Å². The summed E-state index contributed by atoms with van der Waals surface area (Å²) in [5.41, 5.74) is 3.80. The number of methoxy groups -OCH3 is 1. The lowest BCUT2D eigenvalue weighted by atomic mass is 9.85. The molecule has 2 N–H and O–H groups in total. The average molecular weight is 437 g/mol. The summed E-state index contributed by atoms with van der Waals surface area (Å²) in [6.45, 7) is 8.01. The quantitative estimate of drug-likeness (QED) is 0.353. The maximum Gasteiger partial charge on any atom is 0.251 e. The fourth-order valence-electron chi connectivity index (χ4n) is 3.78. The number of ketones is 1. The zero-order chi connectivity index (χ0) is 23.1.